The van der Waals surface area contributed by atoms with E-state index in [1.54, 1.807) is 66.7 Å². The van der Waals surface area contributed by atoms with Gasteiger partial charge in [-0.25, -0.2) is 19.9 Å². The fraction of sp³-hybridized carbons (Fsp3) is 0.183. The summed E-state index contributed by atoms with van der Waals surface area (Å²) in [5.74, 6) is 5.00. The molecular weight excluding hydrogens is 1740 g/mol. The number of aromatic hydroxyl groups is 4. The minimum absolute atomic E-state index is 0.115. The number of phenolic OH excluding ortho intramolecular Hbond substituents is 4. The number of fused-ring (bicyclic) bond motifs is 10. The third kappa shape index (κ3) is 20.1. The van der Waals surface area contributed by atoms with Crippen LogP contribution in [0.15, 0.2) is 328 Å². The van der Waals surface area contributed by atoms with E-state index in [0.717, 1.165) is 116 Å². The maximum Gasteiger partial charge on any atom is 0.320 e. The van der Waals surface area contributed by atoms with Gasteiger partial charge in [0, 0.05) is 22.3 Å². The molecule has 0 fully saturated rings. The molecule has 140 heavy (non-hydrogen) atoms. The Hall–Kier alpha value is -16.7. The molecule has 0 aliphatic heterocycles. The summed E-state index contributed by atoms with van der Waals surface area (Å²) < 4.78 is 23.9. The molecule has 0 radical (unpaired) electrons. The van der Waals surface area contributed by atoms with E-state index in [0.29, 0.717) is 107 Å². The zero-order valence-electron chi connectivity index (χ0n) is 79.0. The predicted molar refractivity (Wildman–Crippen MR) is 565 cm³/mol. The Bertz CT molecular complexity index is 8230. The van der Waals surface area contributed by atoms with Crippen molar-refractivity contribution in [2.24, 2.45) is 11.8 Å². The summed E-state index contributed by atoms with van der Waals surface area (Å²) in [6, 6.07) is 109. The molecule has 0 saturated carbocycles. The molecule has 0 aliphatic rings. The van der Waals surface area contributed by atoms with E-state index in [2.05, 4.69) is 257 Å². The highest BCUT2D eigenvalue weighted by Crippen LogP contribution is 2.44. The van der Waals surface area contributed by atoms with Crippen LogP contribution in [0.4, 0.5) is 0 Å². The van der Waals surface area contributed by atoms with Crippen LogP contribution >= 0.6 is 0 Å². The van der Waals surface area contributed by atoms with Crippen molar-refractivity contribution in [1.82, 2.24) is 59.8 Å². The van der Waals surface area contributed by atoms with Gasteiger partial charge in [-0.15, -0.1) is 0 Å². The summed E-state index contributed by atoms with van der Waals surface area (Å²) in [7, 11) is 0. The van der Waals surface area contributed by atoms with Crippen molar-refractivity contribution in [2.75, 3.05) is 26.4 Å². The van der Waals surface area contributed by atoms with Crippen LogP contribution in [0.2, 0.25) is 0 Å². The topological polar surface area (TPSA) is 273 Å². The first-order valence-electron chi connectivity index (χ1n) is 48.3. The first-order valence-corrected chi connectivity index (χ1v) is 48.3. The zero-order valence-corrected chi connectivity index (χ0v) is 79.0. The van der Waals surface area contributed by atoms with Gasteiger partial charge in [-0.05, 0) is 230 Å². The summed E-state index contributed by atoms with van der Waals surface area (Å²) in [6.45, 7) is 15.0. The molecule has 0 bridgehead atoms. The number of benzene rings is 18. The summed E-state index contributed by atoms with van der Waals surface area (Å²) in [5.41, 5.74) is 5.76. The average Bonchev–Trinajstić information content (AvgIpc) is 0.738. The molecule has 0 spiro atoms. The van der Waals surface area contributed by atoms with E-state index in [4.69, 9.17) is 43.9 Å². The highest BCUT2D eigenvalue weighted by Gasteiger charge is 2.25. The number of unbranched alkanes of at least 4 members (excludes halogenated alkanes) is 2. The number of hydrogen-bond donors (Lipinski definition) is 4. The second-order valence-corrected chi connectivity index (χ2v) is 35.1. The minimum atomic E-state index is 0.115. The molecule has 18 aromatic carbocycles. The van der Waals surface area contributed by atoms with Gasteiger partial charge in [0.25, 0.3) is 0 Å². The third-order valence-electron chi connectivity index (χ3n) is 25.6. The van der Waals surface area contributed by atoms with E-state index >= 15 is 0 Å². The van der Waals surface area contributed by atoms with Gasteiger partial charge in [0.2, 0.25) is 0 Å². The van der Waals surface area contributed by atoms with E-state index in [1.807, 2.05) is 80.6 Å². The lowest BCUT2D eigenvalue weighted by molar-refractivity contribution is 0.217. The van der Waals surface area contributed by atoms with Gasteiger partial charge >= 0.3 is 24.0 Å². The lowest BCUT2D eigenvalue weighted by Crippen LogP contribution is -2.13. The van der Waals surface area contributed by atoms with Crippen molar-refractivity contribution in [3.05, 3.63) is 328 Å². The Morgan fingerprint density at radius 2 is 0.543 bits per heavy atom. The van der Waals surface area contributed by atoms with Gasteiger partial charge < -0.3 is 39.4 Å². The summed E-state index contributed by atoms with van der Waals surface area (Å²) in [5, 5.41) is 65.0. The second-order valence-electron chi connectivity index (χ2n) is 35.1. The number of hydrogen-bond acceptors (Lipinski definition) is 20. The summed E-state index contributed by atoms with van der Waals surface area (Å²) in [6.07, 6.45) is 10.7. The molecule has 20 heteroatoms. The molecule has 22 aromatic rings. The summed E-state index contributed by atoms with van der Waals surface area (Å²) in [4.78, 5) is 56.2. The van der Waals surface area contributed by atoms with E-state index in [-0.39, 0.29) is 47.0 Å². The molecule has 4 heterocycles. The van der Waals surface area contributed by atoms with Crippen LogP contribution in [0.1, 0.15) is 106 Å². The predicted octanol–water partition coefficient (Wildman–Crippen LogP) is 29.4. The molecule has 0 aliphatic carbocycles. The van der Waals surface area contributed by atoms with Crippen LogP contribution in [0, 0.1) is 11.8 Å². The van der Waals surface area contributed by atoms with Gasteiger partial charge in [-0.3, -0.25) is 0 Å². The highest BCUT2D eigenvalue weighted by atomic mass is 16.5. The number of rotatable bonds is 28. The Morgan fingerprint density at radius 3 is 1.02 bits per heavy atom. The molecule has 22 rings (SSSR count). The SMILES string of the molecule is CCCCC(CC)COc1nc(-c2ccc3cc4ccccc4cc3c2)nc(-c2ccccc2O)n1.CCCCC(CC)COc1nc(-c2ccccc2O)nc(-c2cc3c4ccccc4ccc3c3ccccc23)n1.CCCOc1nc(-c2ccccc2O)nc(-c2cc3ccccc3c3ccccc23)n1.CCCOc1nc(-c2ccccc2O)nc(-c2ccc3ccc4cccc5ccc2c3c45)n1. The number of nitrogens with zero attached hydrogens (tertiary/aromatic N) is 12. The van der Waals surface area contributed by atoms with Crippen molar-refractivity contribution in [3.8, 4) is 138 Å². The van der Waals surface area contributed by atoms with Crippen LogP contribution in [-0.4, -0.2) is 107 Å². The quantitative estimate of drug-likeness (QED) is 0.0262. The van der Waals surface area contributed by atoms with E-state index in [9.17, 15) is 20.4 Å². The van der Waals surface area contributed by atoms with Crippen molar-refractivity contribution in [1.29, 1.82) is 0 Å². The minimum Gasteiger partial charge on any atom is -0.507 e. The largest absolute Gasteiger partial charge is 0.507 e. The van der Waals surface area contributed by atoms with Gasteiger partial charge in [-0.2, -0.15) is 39.9 Å². The van der Waals surface area contributed by atoms with Crippen molar-refractivity contribution >= 4 is 108 Å². The van der Waals surface area contributed by atoms with Crippen molar-refractivity contribution in [3.63, 3.8) is 0 Å². The maximum atomic E-state index is 10.7. The van der Waals surface area contributed by atoms with Crippen molar-refractivity contribution in [2.45, 2.75) is 106 Å². The molecular formula is C120H106N12O8. The number of ether oxygens (including phenoxy) is 4. The second kappa shape index (κ2) is 42.7. The van der Waals surface area contributed by atoms with Gasteiger partial charge in [0.05, 0.1) is 48.7 Å². The third-order valence-corrected chi connectivity index (χ3v) is 25.6. The van der Waals surface area contributed by atoms with E-state index in [1.165, 1.54) is 78.5 Å². The normalized spacial score (nSPS) is 11.8. The van der Waals surface area contributed by atoms with Crippen LogP contribution in [0.3, 0.4) is 0 Å². The van der Waals surface area contributed by atoms with Crippen LogP contribution in [0.25, 0.3) is 199 Å². The molecule has 0 saturated heterocycles. The molecule has 20 nitrogen and oxygen atoms in total. The first kappa shape index (κ1) is 92.3. The van der Waals surface area contributed by atoms with Crippen LogP contribution in [-0.2, 0) is 0 Å². The number of aromatic nitrogens is 12. The van der Waals surface area contributed by atoms with Gasteiger partial charge in [0.1, 0.15) is 23.0 Å². The average molecular weight is 1840 g/mol. The molecule has 2 atom stereocenters. The maximum absolute atomic E-state index is 10.7. The fourth-order valence-corrected chi connectivity index (χ4v) is 18.2. The van der Waals surface area contributed by atoms with E-state index < -0.39 is 0 Å². The molecule has 0 amide bonds. The van der Waals surface area contributed by atoms with Crippen molar-refractivity contribution < 1.29 is 39.4 Å². The fourth-order valence-electron chi connectivity index (χ4n) is 18.2. The Morgan fingerprint density at radius 1 is 0.214 bits per heavy atom. The Labute approximate surface area is 811 Å². The standard InChI is InChI=1S/C35H33N3O2.C31H31N3O2.C28H21N3O2.C26H21N3O2/c1-3-5-12-23(4-2)22-40-35-37-33(29-17-10-11-18-32(29)39)36-34(38-35)31-21-30-25-14-7-6-13-24(25)19-20-28(30)26-15-8-9-16-27(26)31;1-3-5-10-21(4-2)20-36-31-33-29(32-30(34-31)27-13-8-9-14-28(27)35)25-16-15-24-17-22-11-6-7-12-23(22)18-26(24)19-25;1-2-16-33-28-30-26(29-27(31-28)22-8-3-4-9-23(22)32)21-15-13-19-11-10-17-6-5-7-18-12-14-20(21)25(19)24(17)18;1-2-15-31-26-28-24(21-13-7-8-14-23(21)30)27-25(29-26)22-16-17-9-3-4-10-18(17)19-11-5-6-12-20(19)22/h6-11,13-21,23,39H,3-5,12,22H2,1-2H3;6-9,11-19,21,35H,3-5,10,20H2,1-2H3;3-15,32H,2,16H2,1H3;3-14,16,30H,2,15H2,1H3. The van der Waals surface area contributed by atoms with Gasteiger partial charge in [-0.1, -0.05) is 323 Å². The Balaban J connectivity index is 0.000000119. The number of phenols is 4. The summed E-state index contributed by atoms with van der Waals surface area (Å²) >= 11 is 0. The molecule has 694 valence electrons. The van der Waals surface area contributed by atoms with Crippen LogP contribution in [0.5, 0.6) is 47.0 Å². The van der Waals surface area contributed by atoms with Gasteiger partial charge in [0.15, 0.2) is 46.6 Å². The zero-order chi connectivity index (χ0) is 96.0. The number of para-hydroxylation sites is 4. The lowest BCUT2D eigenvalue weighted by Gasteiger charge is -2.16. The lowest BCUT2D eigenvalue weighted by atomic mass is 9.92. The molecule has 4 aromatic heterocycles. The monoisotopic (exact) mass is 1840 g/mol. The highest BCUT2D eigenvalue weighted by molar-refractivity contribution is 6.26. The van der Waals surface area contributed by atoms with Crippen LogP contribution < -0.4 is 18.9 Å². The molecule has 2 unspecified atom stereocenters. The Kier molecular flexibility index (Phi) is 28.1. The first-order chi connectivity index (χ1) is 68.8. The smallest absolute Gasteiger partial charge is 0.320 e. The molecule has 4 N–H and O–H groups in total.